The fourth-order valence-electron chi connectivity index (χ4n) is 12.7. The lowest BCUT2D eigenvalue weighted by molar-refractivity contribution is -0.336. The quantitative estimate of drug-likeness (QED) is 0.0135. The highest BCUT2D eigenvalue weighted by atomic mass is 32.3. The van der Waals surface area contributed by atoms with Gasteiger partial charge in [0.25, 0.3) is 0 Å². The second kappa shape index (κ2) is 42.3. The highest BCUT2D eigenvalue weighted by Gasteiger charge is 2.49. The average molecular weight is 1360 g/mol. The Morgan fingerprint density at radius 2 is 1.28 bits per heavy atom. The van der Waals surface area contributed by atoms with E-state index in [1.165, 1.54) is 26.2 Å². The molecule has 26 heteroatoms. The molecule has 5 saturated heterocycles. The third-order valence-electron chi connectivity index (χ3n) is 18.2. The molecule has 5 heterocycles. The molecule has 5 rings (SSSR count). The summed E-state index contributed by atoms with van der Waals surface area (Å²) >= 11 is 0. The highest BCUT2D eigenvalue weighted by molar-refractivity contribution is 7.80. The summed E-state index contributed by atoms with van der Waals surface area (Å²) in [6, 6.07) is 0. The van der Waals surface area contributed by atoms with Crippen molar-refractivity contribution in [1.29, 1.82) is 0 Å². The van der Waals surface area contributed by atoms with Gasteiger partial charge in [0.05, 0.1) is 92.6 Å². The summed E-state index contributed by atoms with van der Waals surface area (Å²) in [7, 11) is -5.01. The molecule has 0 saturated carbocycles. The average Bonchev–Trinajstić information content (AvgIpc) is 1.25. The number of hydrogen-bond acceptors (Lipinski definition) is 24. The Morgan fingerprint density at radius 3 is 1.99 bits per heavy atom. The molecule has 0 bridgehead atoms. The second-order valence-corrected chi connectivity index (χ2v) is 27.8. The number of aliphatic hydroxyl groups excluding tert-OH is 13. The molecule has 5 aliphatic rings. The van der Waals surface area contributed by atoms with E-state index >= 15 is 0 Å². The number of Topliss-reactive ketones (excluding diaryl/α,β-unsaturated/α-hetero) is 1. The smallest absolute Gasteiger partial charge is 0.394 e. The maximum atomic E-state index is 13.3. The molecular weight excluding hydrogens is 1250 g/mol. The van der Waals surface area contributed by atoms with Crippen LogP contribution in [-0.4, -0.2) is 245 Å². The Hall–Kier alpha value is -2.82. The summed E-state index contributed by atoms with van der Waals surface area (Å²) in [5.41, 5.74) is 2.11. The van der Waals surface area contributed by atoms with Gasteiger partial charge < -0.3 is 99.5 Å². The first kappa shape index (κ1) is 81.9. The van der Waals surface area contributed by atoms with Gasteiger partial charge in [0.15, 0.2) is 12.6 Å². The molecule has 542 valence electrons. The van der Waals surface area contributed by atoms with Gasteiger partial charge in [-0.3, -0.25) is 9.35 Å². The molecule has 5 aliphatic heterocycles. The van der Waals surface area contributed by atoms with Gasteiger partial charge in [0.2, 0.25) is 0 Å². The molecule has 0 aromatic rings. The number of rotatable bonds is 47. The van der Waals surface area contributed by atoms with Crippen molar-refractivity contribution in [3.63, 3.8) is 0 Å². The van der Waals surface area contributed by atoms with Crippen LogP contribution in [0.15, 0.2) is 73.4 Å². The summed E-state index contributed by atoms with van der Waals surface area (Å²) in [6.45, 7) is 14.3. The van der Waals surface area contributed by atoms with E-state index in [1.54, 1.807) is 0 Å². The number of ketones is 1. The number of unbranched alkanes of at least 4 members (excludes halogenated alkanes) is 6. The van der Waals surface area contributed by atoms with Crippen LogP contribution in [0.5, 0.6) is 0 Å². The Morgan fingerprint density at radius 1 is 0.617 bits per heavy atom. The standard InChI is InChI=1S/C68H114O25S/c1-6-21-43(4)32-49-37-51(75)53(87-49)26-19-18-24-41(2)22-16-14-12-10-8-7-9-11-13-15-17-23-42(3)28-31-55-54(89-55)27-20-25-48(88-68-65(82)63(80)61(78)59(92-68)40-86-67-64(81)62(79)60(77)58(39-69)91-67)36-47(73)35-46(72)34-45(71)29-30-50(74)56-38-52(76)66(93-94(83,84)85)57(90-56)33-44(5)70/h6,8,10,16,18-19,22,42,44-45,47-71,73-82H,1-2,4,7,9,11-15,17,20-21,23-40H2,3,5H3,(H,83,84,85)/b10-8+,19-18+,22-16+/t42?,44?,45?,47?,48?,49-,50?,51-,52+,53+,54-,55-,56+,57-,58-,59-,60-,61-,62+,63+,64-,65-,66+,67-,68-/m1/s1. The lowest BCUT2D eigenvalue weighted by atomic mass is 9.90. The van der Waals surface area contributed by atoms with E-state index in [-0.39, 0.29) is 62.9 Å². The van der Waals surface area contributed by atoms with E-state index in [1.807, 2.05) is 6.08 Å². The minimum Gasteiger partial charge on any atom is -0.394 e. The van der Waals surface area contributed by atoms with Crippen molar-refractivity contribution in [3.05, 3.63) is 73.4 Å². The van der Waals surface area contributed by atoms with Crippen LogP contribution in [0.25, 0.3) is 0 Å². The molecule has 25 atom stereocenters. The van der Waals surface area contributed by atoms with Gasteiger partial charge in [0.1, 0.15) is 60.7 Å². The molecule has 0 radical (unpaired) electrons. The zero-order valence-electron chi connectivity index (χ0n) is 55.1. The summed E-state index contributed by atoms with van der Waals surface area (Å²) in [6.07, 6.45) is 1.37. The van der Waals surface area contributed by atoms with E-state index in [9.17, 15) is 84.1 Å². The monoisotopic (exact) mass is 1360 g/mol. The zero-order chi connectivity index (χ0) is 69.1. The van der Waals surface area contributed by atoms with Crippen LogP contribution in [0.2, 0.25) is 0 Å². The van der Waals surface area contributed by atoms with Gasteiger partial charge in [-0.2, -0.15) is 8.42 Å². The molecule has 0 aliphatic carbocycles. The van der Waals surface area contributed by atoms with Crippen molar-refractivity contribution < 1.29 is 121 Å². The van der Waals surface area contributed by atoms with Crippen LogP contribution in [0, 0.1) is 5.92 Å². The number of carbonyl (C=O) groups excluding carboxylic acids is 1. The number of allylic oxidation sites excluding steroid dienone is 7. The van der Waals surface area contributed by atoms with Crippen LogP contribution in [0.1, 0.15) is 181 Å². The predicted molar refractivity (Wildman–Crippen MR) is 346 cm³/mol. The van der Waals surface area contributed by atoms with E-state index in [4.69, 9.17) is 33.2 Å². The van der Waals surface area contributed by atoms with E-state index in [0.717, 1.165) is 81.8 Å². The minimum absolute atomic E-state index is 0.00855. The van der Waals surface area contributed by atoms with Gasteiger partial charge in [-0.15, -0.1) is 6.58 Å². The number of aliphatic hydroxyl groups is 13. The van der Waals surface area contributed by atoms with Crippen LogP contribution < -0.4 is 0 Å². The number of ether oxygens (including phenoxy) is 7. The Kier molecular flexibility index (Phi) is 36.9. The minimum atomic E-state index is -5.01. The van der Waals surface area contributed by atoms with E-state index in [0.29, 0.717) is 31.6 Å². The number of epoxide rings is 1. The van der Waals surface area contributed by atoms with Crippen LogP contribution in [0.3, 0.4) is 0 Å². The Bertz CT molecular complexity index is 2410. The first-order valence-electron chi connectivity index (χ1n) is 34.1. The second-order valence-electron chi connectivity index (χ2n) is 26.8. The number of hydrogen-bond donors (Lipinski definition) is 14. The van der Waals surface area contributed by atoms with Crippen LogP contribution >= 0.6 is 0 Å². The molecule has 0 spiro atoms. The van der Waals surface area contributed by atoms with Gasteiger partial charge >= 0.3 is 10.4 Å². The van der Waals surface area contributed by atoms with Crippen LogP contribution in [-0.2, 0) is 52.5 Å². The molecule has 0 aromatic heterocycles. The van der Waals surface area contributed by atoms with E-state index < -0.39 is 165 Å². The summed E-state index contributed by atoms with van der Waals surface area (Å²) in [5.74, 6) is -0.0190. The highest BCUT2D eigenvalue weighted by Crippen LogP contribution is 2.36. The molecule has 0 aromatic carbocycles. The Balaban J connectivity index is 0.997. The molecular formula is C68H114O25S. The maximum Gasteiger partial charge on any atom is 0.397 e. The van der Waals surface area contributed by atoms with Crippen LogP contribution in [0.4, 0.5) is 0 Å². The van der Waals surface area contributed by atoms with Crippen molar-refractivity contribution in [2.24, 2.45) is 5.92 Å². The maximum absolute atomic E-state index is 13.3. The summed E-state index contributed by atoms with van der Waals surface area (Å²) in [4.78, 5) is 13.3. The van der Waals surface area contributed by atoms with Crippen molar-refractivity contribution >= 4 is 16.2 Å². The fourth-order valence-corrected chi connectivity index (χ4v) is 13.3. The topological polar surface area (TPSA) is 412 Å². The van der Waals surface area contributed by atoms with E-state index in [2.05, 4.69) is 67.3 Å². The van der Waals surface area contributed by atoms with Crippen molar-refractivity contribution in [3.8, 4) is 0 Å². The lowest BCUT2D eigenvalue weighted by Gasteiger charge is -2.43. The molecule has 14 N–H and O–H groups in total. The lowest BCUT2D eigenvalue weighted by Crippen LogP contribution is -2.62. The third-order valence-corrected chi connectivity index (χ3v) is 18.7. The molecule has 94 heavy (non-hydrogen) atoms. The normalized spacial score (nSPS) is 33.6. The van der Waals surface area contributed by atoms with Crippen molar-refractivity contribution in [2.75, 3.05) is 13.2 Å². The van der Waals surface area contributed by atoms with Crippen molar-refractivity contribution in [1.82, 2.24) is 0 Å². The Labute approximate surface area is 555 Å². The SMILES string of the molecule is C=CCC(=C)C[C@@H]1C[C@@H](O)[C@H](C/C=C/CC(=C)/C=C/CC/C=C/CCCCCCCC(C)CC[C@H]2O[C@@H]2CCCC(CC(O)CC(=O)CC(O)CCC(O)[C@@H]2C[C@H](O)[C@H](OS(=O)(=O)O)[C@@H](CC(C)O)O2)O[C@@H]2O[C@H](CO[C@@H]3O[C@H](CO)[C@@H](O)[C@H](O)[C@H]3O)[C@@H](O)[C@H](O)[C@H]2O)O1. The summed E-state index contributed by atoms with van der Waals surface area (Å²) < 4.78 is 77.6. The van der Waals surface area contributed by atoms with Gasteiger partial charge in [-0.25, -0.2) is 4.18 Å². The first-order chi connectivity index (χ1) is 44.7. The van der Waals surface area contributed by atoms with Gasteiger partial charge in [0, 0.05) is 38.5 Å². The van der Waals surface area contributed by atoms with Gasteiger partial charge in [-0.05, 0) is 109 Å². The summed E-state index contributed by atoms with van der Waals surface area (Å²) in [5, 5.41) is 138. The molecule has 6 unspecified atom stereocenters. The first-order valence-corrected chi connectivity index (χ1v) is 35.4. The third kappa shape index (κ3) is 29.6. The molecule has 0 amide bonds. The van der Waals surface area contributed by atoms with Crippen molar-refractivity contribution in [2.45, 2.75) is 328 Å². The predicted octanol–water partition coefficient (Wildman–Crippen LogP) is 3.99. The number of carbonyl (C=O) groups is 1. The fraction of sp³-hybridized carbons (Fsp3) is 0.809. The molecule has 5 fully saturated rings. The van der Waals surface area contributed by atoms with Gasteiger partial charge in [-0.1, -0.05) is 106 Å². The largest absolute Gasteiger partial charge is 0.397 e. The molecule has 25 nitrogen and oxygen atoms in total. The zero-order valence-corrected chi connectivity index (χ0v) is 55.9.